The number of aromatic hydroxyl groups is 1. The van der Waals surface area contributed by atoms with Gasteiger partial charge in [0.1, 0.15) is 0 Å². The zero-order chi connectivity index (χ0) is 9.84. The van der Waals surface area contributed by atoms with E-state index in [0.717, 1.165) is 6.07 Å². The molecule has 1 aromatic rings. The Bertz CT molecular complexity index is 304. The minimum Gasteiger partial charge on any atom is -0.505 e. The molecule has 3 nitrogen and oxygen atoms in total. The molecule has 0 fully saturated rings. The fourth-order valence-corrected chi connectivity index (χ4v) is 0.866. The zero-order valence-corrected chi connectivity index (χ0v) is 6.97. The molecule has 0 aliphatic heterocycles. The van der Waals surface area contributed by atoms with Gasteiger partial charge in [0.2, 0.25) is 5.82 Å². The Morgan fingerprint density at radius 3 is 2.69 bits per heavy atom. The molecule has 72 valence electrons. The molecule has 0 saturated carbocycles. The summed E-state index contributed by atoms with van der Waals surface area (Å²) in [6.07, 6.45) is 0. The van der Waals surface area contributed by atoms with Crippen LogP contribution in [0.1, 0.15) is 5.56 Å². The lowest BCUT2D eigenvalue weighted by Crippen LogP contribution is -2.12. The largest absolute Gasteiger partial charge is 0.505 e. The fraction of sp³-hybridized carbons (Fsp3) is 0.250. The number of rotatable bonds is 3. The third kappa shape index (κ3) is 2.13. The molecular weight excluding hydrogens is 180 g/mol. The van der Waals surface area contributed by atoms with Crippen molar-refractivity contribution in [2.24, 2.45) is 0 Å². The number of hydrogen-bond acceptors (Lipinski definition) is 3. The zero-order valence-electron chi connectivity index (χ0n) is 6.97. The summed E-state index contributed by atoms with van der Waals surface area (Å²) in [4.78, 5) is 4.47. The van der Waals surface area contributed by atoms with Crippen LogP contribution in [0.15, 0.2) is 12.1 Å². The highest BCUT2D eigenvalue weighted by molar-refractivity contribution is 5.29. The van der Waals surface area contributed by atoms with Crippen LogP contribution >= 0.6 is 0 Å². The van der Waals surface area contributed by atoms with Crippen LogP contribution in [0, 0.1) is 11.6 Å². The molecule has 13 heavy (non-hydrogen) atoms. The Morgan fingerprint density at radius 2 is 2.08 bits per heavy atom. The minimum atomic E-state index is -1.24. The lowest BCUT2D eigenvalue weighted by molar-refractivity contribution is 0.0857. The number of halogens is 2. The summed E-state index contributed by atoms with van der Waals surface area (Å²) in [5.41, 5.74) is 2.46. The molecule has 0 aromatic heterocycles. The van der Waals surface area contributed by atoms with E-state index in [4.69, 9.17) is 5.11 Å². The van der Waals surface area contributed by atoms with Crippen LogP contribution < -0.4 is 5.48 Å². The smallest absolute Gasteiger partial charge is 0.200 e. The molecule has 1 aromatic carbocycles. The number of benzene rings is 1. The maximum Gasteiger partial charge on any atom is 0.200 e. The van der Waals surface area contributed by atoms with Crippen molar-refractivity contribution in [3.63, 3.8) is 0 Å². The van der Waals surface area contributed by atoms with E-state index in [1.54, 1.807) is 0 Å². The van der Waals surface area contributed by atoms with Gasteiger partial charge >= 0.3 is 0 Å². The molecule has 0 bridgehead atoms. The van der Waals surface area contributed by atoms with Gasteiger partial charge in [0.15, 0.2) is 11.6 Å². The predicted molar refractivity (Wildman–Crippen MR) is 41.9 cm³/mol. The summed E-state index contributed by atoms with van der Waals surface area (Å²) < 4.78 is 25.7. The van der Waals surface area contributed by atoms with E-state index in [0.29, 0.717) is 0 Å². The number of phenols is 1. The molecule has 0 heterocycles. The Kier molecular flexibility index (Phi) is 3.16. The van der Waals surface area contributed by atoms with E-state index in [1.807, 2.05) is 0 Å². The van der Waals surface area contributed by atoms with Crippen molar-refractivity contribution in [2.45, 2.75) is 6.54 Å². The summed E-state index contributed by atoms with van der Waals surface area (Å²) in [7, 11) is 1.37. The topological polar surface area (TPSA) is 41.5 Å². The first kappa shape index (κ1) is 9.88. The van der Waals surface area contributed by atoms with Gasteiger partial charge in [-0.05, 0) is 6.07 Å². The van der Waals surface area contributed by atoms with Crippen LogP contribution in [0.2, 0.25) is 0 Å². The molecular formula is C8H9F2NO2. The molecule has 0 unspecified atom stereocenters. The molecule has 0 atom stereocenters. The van der Waals surface area contributed by atoms with E-state index in [2.05, 4.69) is 10.3 Å². The van der Waals surface area contributed by atoms with Gasteiger partial charge in [-0.1, -0.05) is 6.07 Å². The minimum absolute atomic E-state index is 0.0412. The normalized spacial score (nSPS) is 10.4. The number of hydrogen-bond donors (Lipinski definition) is 2. The molecule has 0 spiro atoms. The summed E-state index contributed by atoms with van der Waals surface area (Å²) in [5, 5.41) is 8.78. The fourth-order valence-electron chi connectivity index (χ4n) is 0.866. The molecule has 1 rings (SSSR count). The van der Waals surface area contributed by atoms with Crippen LogP contribution in [0.3, 0.4) is 0 Å². The molecule has 0 amide bonds. The monoisotopic (exact) mass is 189 g/mol. The molecule has 0 aliphatic rings. The van der Waals surface area contributed by atoms with Gasteiger partial charge < -0.3 is 9.94 Å². The number of phenolic OH excluding ortho intramolecular Hbond substituents is 1. The Morgan fingerprint density at radius 1 is 1.38 bits per heavy atom. The van der Waals surface area contributed by atoms with Gasteiger partial charge in [0, 0.05) is 12.1 Å². The van der Waals surface area contributed by atoms with Gasteiger partial charge in [-0.2, -0.15) is 9.87 Å². The average Bonchev–Trinajstić information content (AvgIpc) is 2.13. The first-order chi connectivity index (χ1) is 6.16. The van der Waals surface area contributed by atoms with Gasteiger partial charge in [0.05, 0.1) is 7.11 Å². The van der Waals surface area contributed by atoms with Gasteiger partial charge in [-0.3, -0.25) is 0 Å². The first-order valence-electron chi connectivity index (χ1n) is 3.58. The van der Waals surface area contributed by atoms with Gasteiger partial charge in [-0.25, -0.2) is 4.39 Å². The molecule has 0 aliphatic carbocycles. The third-order valence-corrected chi connectivity index (χ3v) is 1.55. The second-order valence-corrected chi connectivity index (χ2v) is 2.40. The highest BCUT2D eigenvalue weighted by Gasteiger charge is 2.11. The summed E-state index contributed by atoms with van der Waals surface area (Å²) >= 11 is 0. The van der Waals surface area contributed by atoms with Crippen molar-refractivity contribution in [3.05, 3.63) is 29.3 Å². The molecule has 0 radical (unpaired) electrons. The van der Waals surface area contributed by atoms with Gasteiger partial charge in [0.25, 0.3) is 0 Å². The SMILES string of the molecule is CONCc1ccc(O)c(F)c1F. The lowest BCUT2D eigenvalue weighted by atomic mass is 10.2. The molecule has 2 N–H and O–H groups in total. The average molecular weight is 189 g/mol. The van der Waals surface area contributed by atoms with Crippen LogP contribution in [0.4, 0.5) is 8.78 Å². The summed E-state index contributed by atoms with van der Waals surface area (Å²) in [6, 6.07) is 2.37. The molecule has 5 heteroatoms. The number of nitrogens with one attached hydrogen (secondary N) is 1. The van der Waals surface area contributed by atoms with Crippen molar-refractivity contribution in [3.8, 4) is 5.75 Å². The van der Waals surface area contributed by atoms with E-state index in [-0.39, 0.29) is 12.1 Å². The van der Waals surface area contributed by atoms with Crippen molar-refractivity contribution in [1.29, 1.82) is 0 Å². The second-order valence-electron chi connectivity index (χ2n) is 2.40. The van der Waals surface area contributed by atoms with E-state index in [1.165, 1.54) is 13.2 Å². The lowest BCUT2D eigenvalue weighted by Gasteiger charge is -2.04. The predicted octanol–water partition coefficient (Wildman–Crippen LogP) is 1.32. The highest BCUT2D eigenvalue weighted by atomic mass is 19.2. The van der Waals surface area contributed by atoms with Crippen molar-refractivity contribution >= 4 is 0 Å². The number of hydroxylamine groups is 1. The Balaban J connectivity index is 2.90. The highest BCUT2D eigenvalue weighted by Crippen LogP contribution is 2.20. The standard InChI is InChI=1S/C8H9F2NO2/c1-13-11-4-5-2-3-6(12)8(10)7(5)9/h2-3,11-12H,4H2,1H3. The maximum absolute atomic E-state index is 13.0. The van der Waals surface area contributed by atoms with Gasteiger partial charge in [-0.15, -0.1) is 0 Å². The third-order valence-electron chi connectivity index (χ3n) is 1.55. The quantitative estimate of drug-likeness (QED) is 0.704. The van der Waals surface area contributed by atoms with E-state index < -0.39 is 17.4 Å². The van der Waals surface area contributed by atoms with E-state index >= 15 is 0 Å². The Hall–Kier alpha value is -1.20. The van der Waals surface area contributed by atoms with Crippen LogP contribution in [0.25, 0.3) is 0 Å². The van der Waals surface area contributed by atoms with Crippen LogP contribution in [-0.4, -0.2) is 12.2 Å². The Labute approximate surface area is 73.9 Å². The van der Waals surface area contributed by atoms with Crippen LogP contribution in [-0.2, 0) is 11.4 Å². The van der Waals surface area contributed by atoms with Crippen molar-refractivity contribution in [1.82, 2.24) is 5.48 Å². The molecule has 0 saturated heterocycles. The second kappa shape index (κ2) is 4.15. The van der Waals surface area contributed by atoms with E-state index in [9.17, 15) is 8.78 Å². The summed E-state index contributed by atoms with van der Waals surface area (Å²) in [5.74, 6) is -3.00. The maximum atomic E-state index is 13.0. The first-order valence-corrected chi connectivity index (χ1v) is 3.58. The van der Waals surface area contributed by atoms with Crippen molar-refractivity contribution < 1.29 is 18.7 Å². The van der Waals surface area contributed by atoms with Crippen molar-refractivity contribution in [2.75, 3.05) is 7.11 Å². The summed E-state index contributed by atoms with van der Waals surface area (Å²) in [6.45, 7) is 0.0412. The van der Waals surface area contributed by atoms with Crippen LogP contribution in [0.5, 0.6) is 5.75 Å².